The smallest absolute Gasteiger partial charge is 0.396 e. The molecule has 2 saturated heterocycles. The minimum absolute atomic E-state index is 0.0435. The van der Waals surface area contributed by atoms with E-state index in [0.29, 0.717) is 25.2 Å². The summed E-state index contributed by atoms with van der Waals surface area (Å²) in [5, 5.41) is 19.1. The van der Waals surface area contributed by atoms with Crippen LogP contribution in [0.1, 0.15) is 27.9 Å². The number of carbonyl (C=O) groups is 1. The number of halogens is 4. The van der Waals surface area contributed by atoms with Gasteiger partial charge in [-0.3, -0.25) is 4.79 Å². The lowest BCUT2D eigenvalue weighted by atomic mass is 9.73. The van der Waals surface area contributed by atoms with Crippen LogP contribution in [0.15, 0.2) is 42.5 Å². The van der Waals surface area contributed by atoms with Gasteiger partial charge in [-0.25, -0.2) is 4.39 Å². The molecule has 168 valence electrons. The van der Waals surface area contributed by atoms with Crippen LogP contribution in [0, 0.1) is 28.5 Å². The Morgan fingerprint density at radius 1 is 1.22 bits per heavy atom. The van der Waals surface area contributed by atoms with Gasteiger partial charge >= 0.3 is 6.18 Å². The monoisotopic (exact) mass is 447 g/mol. The highest BCUT2D eigenvalue weighted by Crippen LogP contribution is 2.44. The van der Waals surface area contributed by atoms with Crippen molar-refractivity contribution in [1.29, 1.82) is 5.26 Å². The molecule has 9 heteroatoms. The molecule has 2 aliphatic heterocycles. The highest BCUT2D eigenvalue weighted by molar-refractivity contribution is 5.94. The van der Waals surface area contributed by atoms with Gasteiger partial charge in [-0.1, -0.05) is 12.1 Å². The maximum atomic E-state index is 14.1. The summed E-state index contributed by atoms with van der Waals surface area (Å²) in [4.78, 5) is 16.2. The molecule has 0 bridgehead atoms. The molecule has 2 heterocycles. The number of aliphatic hydroxyl groups is 1. The van der Waals surface area contributed by atoms with E-state index in [1.165, 1.54) is 29.2 Å². The molecule has 0 aliphatic carbocycles. The minimum atomic E-state index is -4.65. The summed E-state index contributed by atoms with van der Waals surface area (Å²) in [6.07, 6.45) is -4.18. The summed E-state index contributed by atoms with van der Waals surface area (Å²) in [5.74, 6) is -1.28. The van der Waals surface area contributed by atoms with Gasteiger partial charge in [0.25, 0.3) is 5.91 Å². The van der Waals surface area contributed by atoms with Crippen LogP contribution < -0.4 is 4.90 Å². The van der Waals surface area contributed by atoms with E-state index < -0.39 is 34.4 Å². The lowest BCUT2D eigenvalue weighted by Gasteiger charge is -2.43. The second kappa shape index (κ2) is 8.10. The van der Waals surface area contributed by atoms with Crippen molar-refractivity contribution in [2.24, 2.45) is 11.3 Å². The maximum Gasteiger partial charge on any atom is 0.417 e. The molecule has 0 radical (unpaired) electrons. The highest BCUT2D eigenvalue weighted by atomic mass is 19.4. The second-order valence-electron chi connectivity index (χ2n) is 8.42. The van der Waals surface area contributed by atoms with Gasteiger partial charge in [0.15, 0.2) is 0 Å². The molecular formula is C23H21F4N3O2. The number of rotatable bonds is 3. The fourth-order valence-corrected chi connectivity index (χ4v) is 4.80. The molecule has 1 amide bonds. The predicted molar refractivity (Wildman–Crippen MR) is 108 cm³/mol. The van der Waals surface area contributed by atoms with Gasteiger partial charge < -0.3 is 14.9 Å². The topological polar surface area (TPSA) is 67.6 Å². The average Bonchev–Trinajstić information content (AvgIpc) is 3.17. The number of benzene rings is 2. The quantitative estimate of drug-likeness (QED) is 0.729. The Morgan fingerprint density at radius 3 is 2.62 bits per heavy atom. The SMILES string of the molecule is N#Cc1ccc(N2CCC3(CO)CN(C(=O)c4ccccc4F)CC3C2)cc1C(F)(F)F. The lowest BCUT2D eigenvalue weighted by Crippen LogP contribution is -2.49. The first kappa shape index (κ1) is 22.1. The van der Waals surface area contributed by atoms with Gasteiger partial charge in [-0.15, -0.1) is 0 Å². The van der Waals surface area contributed by atoms with Crippen molar-refractivity contribution in [2.75, 3.05) is 37.7 Å². The molecule has 2 aliphatic rings. The van der Waals surface area contributed by atoms with Gasteiger partial charge in [0, 0.05) is 43.2 Å². The van der Waals surface area contributed by atoms with Gasteiger partial charge in [0.1, 0.15) is 5.82 Å². The molecule has 2 unspecified atom stereocenters. The van der Waals surface area contributed by atoms with E-state index in [0.717, 1.165) is 12.1 Å². The van der Waals surface area contributed by atoms with Gasteiger partial charge in [-0.05, 0) is 36.8 Å². The fraction of sp³-hybridized carbons (Fsp3) is 0.391. The van der Waals surface area contributed by atoms with Crippen molar-refractivity contribution in [1.82, 2.24) is 4.90 Å². The molecule has 4 rings (SSSR count). The number of anilines is 1. The Hall–Kier alpha value is -3.12. The van der Waals surface area contributed by atoms with Crippen LogP contribution in [0.2, 0.25) is 0 Å². The number of hydrogen-bond acceptors (Lipinski definition) is 4. The molecule has 1 N–H and O–H groups in total. The van der Waals surface area contributed by atoms with Crippen molar-refractivity contribution in [3.8, 4) is 6.07 Å². The van der Waals surface area contributed by atoms with Crippen LogP contribution in [-0.2, 0) is 6.18 Å². The molecule has 0 saturated carbocycles. The van der Waals surface area contributed by atoms with E-state index in [9.17, 15) is 27.5 Å². The number of amides is 1. The first-order valence-electron chi connectivity index (χ1n) is 10.2. The van der Waals surface area contributed by atoms with Crippen LogP contribution in [0.4, 0.5) is 23.2 Å². The van der Waals surface area contributed by atoms with E-state index >= 15 is 0 Å². The van der Waals surface area contributed by atoms with Gasteiger partial charge in [-0.2, -0.15) is 18.4 Å². The summed E-state index contributed by atoms with van der Waals surface area (Å²) in [6.45, 7) is 1.09. The van der Waals surface area contributed by atoms with Gasteiger partial charge in [0.05, 0.1) is 29.4 Å². The summed E-state index contributed by atoms with van der Waals surface area (Å²) in [6, 6.07) is 10.9. The number of nitriles is 1. The van der Waals surface area contributed by atoms with E-state index in [4.69, 9.17) is 5.26 Å². The lowest BCUT2D eigenvalue weighted by molar-refractivity contribution is -0.137. The molecule has 0 spiro atoms. The normalized spacial score (nSPS) is 23.1. The number of fused-ring (bicyclic) bond motifs is 1. The molecule has 32 heavy (non-hydrogen) atoms. The number of hydrogen-bond donors (Lipinski definition) is 1. The summed E-state index contributed by atoms with van der Waals surface area (Å²) in [7, 11) is 0. The van der Waals surface area contributed by atoms with Crippen molar-refractivity contribution in [3.05, 3.63) is 65.0 Å². The number of alkyl halides is 3. The number of aliphatic hydroxyl groups excluding tert-OH is 1. The maximum absolute atomic E-state index is 14.1. The van der Waals surface area contributed by atoms with Gasteiger partial charge in [0.2, 0.25) is 0 Å². The molecule has 2 atom stereocenters. The largest absolute Gasteiger partial charge is 0.417 e. The Labute approximate surface area is 182 Å². The van der Waals surface area contributed by atoms with Crippen molar-refractivity contribution >= 4 is 11.6 Å². The van der Waals surface area contributed by atoms with Crippen LogP contribution in [0.25, 0.3) is 0 Å². The Bertz CT molecular complexity index is 1080. The van der Waals surface area contributed by atoms with Crippen LogP contribution in [0.3, 0.4) is 0 Å². The number of carbonyl (C=O) groups excluding carboxylic acids is 1. The number of likely N-dealkylation sites (tertiary alicyclic amines) is 1. The molecule has 2 aromatic carbocycles. The third-order valence-electron chi connectivity index (χ3n) is 6.63. The van der Waals surface area contributed by atoms with Crippen molar-refractivity contribution < 1.29 is 27.5 Å². The Balaban J connectivity index is 1.58. The molecule has 0 aromatic heterocycles. The molecule has 5 nitrogen and oxygen atoms in total. The van der Waals surface area contributed by atoms with E-state index in [1.807, 2.05) is 0 Å². The predicted octanol–water partition coefficient (Wildman–Crippen LogP) is 3.68. The third kappa shape index (κ3) is 3.79. The summed E-state index contributed by atoms with van der Waals surface area (Å²) >= 11 is 0. The second-order valence-corrected chi connectivity index (χ2v) is 8.42. The highest BCUT2D eigenvalue weighted by Gasteiger charge is 2.50. The Morgan fingerprint density at radius 2 is 1.97 bits per heavy atom. The fourth-order valence-electron chi connectivity index (χ4n) is 4.80. The first-order chi connectivity index (χ1) is 15.2. The zero-order chi connectivity index (χ0) is 23.1. The first-order valence-corrected chi connectivity index (χ1v) is 10.2. The Kier molecular flexibility index (Phi) is 5.59. The summed E-state index contributed by atoms with van der Waals surface area (Å²) < 4.78 is 54.2. The van der Waals surface area contributed by atoms with Crippen LogP contribution in [-0.4, -0.2) is 48.7 Å². The average molecular weight is 447 g/mol. The van der Waals surface area contributed by atoms with E-state index in [2.05, 4.69) is 0 Å². The molecular weight excluding hydrogens is 426 g/mol. The van der Waals surface area contributed by atoms with E-state index in [-0.39, 0.29) is 31.2 Å². The van der Waals surface area contributed by atoms with Crippen LogP contribution >= 0.6 is 0 Å². The number of nitrogens with zero attached hydrogens (tertiary/aromatic N) is 3. The van der Waals surface area contributed by atoms with Crippen molar-refractivity contribution in [3.63, 3.8) is 0 Å². The standard InChI is InChI=1S/C23H21F4N3O2/c24-20-4-2-1-3-18(20)21(32)30-12-16-11-29(8-7-22(16,13-30)14-31)17-6-5-15(10-28)19(9-17)23(25,26)27/h1-6,9,16,31H,7-8,11-14H2. The van der Waals surface area contributed by atoms with E-state index in [1.54, 1.807) is 17.0 Å². The third-order valence-corrected chi connectivity index (χ3v) is 6.63. The number of piperidine rings is 1. The minimum Gasteiger partial charge on any atom is -0.396 e. The zero-order valence-electron chi connectivity index (χ0n) is 17.1. The van der Waals surface area contributed by atoms with Crippen molar-refractivity contribution in [2.45, 2.75) is 12.6 Å². The van der Waals surface area contributed by atoms with Crippen LogP contribution in [0.5, 0.6) is 0 Å². The summed E-state index contributed by atoms with van der Waals surface area (Å²) in [5.41, 5.74) is -1.72. The molecule has 2 fully saturated rings. The zero-order valence-corrected chi connectivity index (χ0v) is 17.1. The molecule has 2 aromatic rings.